The predicted octanol–water partition coefficient (Wildman–Crippen LogP) is 2.50. The van der Waals surface area contributed by atoms with Crippen LogP contribution in [-0.4, -0.2) is 50.9 Å². The van der Waals surface area contributed by atoms with Gasteiger partial charge in [0, 0.05) is 37.0 Å². The van der Waals surface area contributed by atoms with Gasteiger partial charge in [0.2, 0.25) is 0 Å². The van der Waals surface area contributed by atoms with Gasteiger partial charge in [-0.05, 0) is 6.42 Å². The third kappa shape index (κ3) is 4.37. The lowest BCUT2D eigenvalue weighted by molar-refractivity contribution is -0.0307. The Hall–Kier alpha value is -1.31. The van der Waals surface area contributed by atoms with Crippen molar-refractivity contribution in [2.24, 2.45) is 0 Å². The molecule has 1 unspecified atom stereocenters. The van der Waals surface area contributed by atoms with Crippen molar-refractivity contribution in [2.75, 3.05) is 26.2 Å². The Balaban J connectivity index is 1.52. The number of ether oxygens (including phenoxy) is 1. The number of nitrogens with zero attached hydrogens (tertiary/aromatic N) is 5. The van der Waals surface area contributed by atoms with E-state index in [1.165, 1.54) is 0 Å². The first-order valence-electron chi connectivity index (χ1n) is 8.14. The highest BCUT2D eigenvalue weighted by molar-refractivity contribution is 7.09. The van der Waals surface area contributed by atoms with E-state index in [-0.39, 0.29) is 11.5 Å². The molecule has 0 N–H and O–H groups in total. The summed E-state index contributed by atoms with van der Waals surface area (Å²) in [5.74, 6) is 0. The molecule has 0 amide bonds. The van der Waals surface area contributed by atoms with Crippen LogP contribution in [0.4, 0.5) is 0 Å². The molecule has 0 aliphatic carbocycles. The van der Waals surface area contributed by atoms with Gasteiger partial charge < -0.3 is 4.74 Å². The van der Waals surface area contributed by atoms with Gasteiger partial charge in [-0.2, -0.15) is 5.10 Å². The van der Waals surface area contributed by atoms with Crippen LogP contribution in [0.15, 0.2) is 18.0 Å². The van der Waals surface area contributed by atoms with Gasteiger partial charge in [-0.15, -0.1) is 11.3 Å². The molecule has 2 aromatic heterocycles. The van der Waals surface area contributed by atoms with Crippen molar-refractivity contribution in [3.63, 3.8) is 0 Å². The largest absolute Gasteiger partial charge is 0.368 e. The summed E-state index contributed by atoms with van der Waals surface area (Å²) in [5.41, 5.74) is 1.25. The lowest BCUT2D eigenvalue weighted by Gasteiger charge is -2.32. The maximum atomic E-state index is 5.95. The predicted molar refractivity (Wildman–Crippen MR) is 90.6 cm³/mol. The molecule has 1 aliphatic heterocycles. The molecule has 3 rings (SSSR count). The molecule has 0 spiro atoms. The summed E-state index contributed by atoms with van der Waals surface area (Å²) in [4.78, 5) is 11.2. The molecule has 126 valence electrons. The van der Waals surface area contributed by atoms with Gasteiger partial charge in [-0.25, -0.2) is 9.97 Å². The molecule has 3 heterocycles. The molecule has 0 bridgehead atoms. The third-order valence-corrected chi connectivity index (χ3v) is 4.98. The Kier molecular flexibility index (Phi) is 5.08. The van der Waals surface area contributed by atoms with Gasteiger partial charge in [0.05, 0.1) is 12.3 Å². The molecule has 0 aromatic carbocycles. The number of thiazole rings is 1. The Morgan fingerprint density at radius 3 is 2.91 bits per heavy atom. The highest BCUT2D eigenvalue weighted by atomic mass is 32.1. The minimum Gasteiger partial charge on any atom is -0.368 e. The second-order valence-corrected chi connectivity index (χ2v) is 7.88. The Labute approximate surface area is 141 Å². The van der Waals surface area contributed by atoms with Crippen LogP contribution in [0.2, 0.25) is 0 Å². The summed E-state index contributed by atoms with van der Waals surface area (Å²) in [6.07, 6.45) is 4.53. The lowest BCUT2D eigenvalue weighted by Crippen LogP contribution is -2.39. The molecule has 1 aliphatic rings. The molecular weight excluding hydrogens is 310 g/mol. The maximum Gasteiger partial charge on any atom is 0.137 e. The lowest BCUT2D eigenvalue weighted by atomic mass is 9.93. The zero-order chi connectivity index (χ0) is 16.3. The average molecular weight is 335 g/mol. The second-order valence-electron chi connectivity index (χ2n) is 6.99. The molecule has 2 aromatic rings. The van der Waals surface area contributed by atoms with Crippen LogP contribution in [0, 0.1) is 0 Å². The molecule has 0 saturated carbocycles. The minimum atomic E-state index is 0.0981. The van der Waals surface area contributed by atoms with E-state index in [1.807, 2.05) is 4.68 Å². The van der Waals surface area contributed by atoms with E-state index < -0.39 is 0 Å². The molecule has 0 radical (unpaired) electrons. The first-order valence-corrected chi connectivity index (χ1v) is 9.02. The van der Waals surface area contributed by atoms with Gasteiger partial charge in [-0.1, -0.05) is 20.8 Å². The molecular formula is C16H25N5OS. The fraction of sp³-hybridized carbons (Fsp3) is 0.688. The van der Waals surface area contributed by atoms with Crippen molar-refractivity contribution in [1.82, 2.24) is 24.6 Å². The first kappa shape index (κ1) is 16.5. The van der Waals surface area contributed by atoms with Crippen molar-refractivity contribution in [2.45, 2.75) is 45.3 Å². The zero-order valence-corrected chi connectivity index (χ0v) is 14.9. The number of hydrogen-bond acceptors (Lipinski definition) is 6. The number of morpholine rings is 1. The topological polar surface area (TPSA) is 56.1 Å². The average Bonchev–Trinajstić information content (AvgIpc) is 3.18. The number of hydrogen-bond donors (Lipinski definition) is 0. The van der Waals surface area contributed by atoms with E-state index in [2.05, 4.69) is 41.1 Å². The summed E-state index contributed by atoms with van der Waals surface area (Å²) in [7, 11) is 0. The standard InChI is InChI=1S/C16H25N5OS/c1-16(2,3)14-10-23-15(19-14)13-9-20(7-8-22-13)5-4-6-21-12-17-11-18-21/h10-13H,4-9H2,1-3H3. The first-order chi connectivity index (χ1) is 11.0. The van der Waals surface area contributed by atoms with Gasteiger partial charge in [0.15, 0.2) is 0 Å². The summed E-state index contributed by atoms with van der Waals surface area (Å²) in [5, 5.41) is 7.42. The van der Waals surface area contributed by atoms with Crippen LogP contribution in [0.25, 0.3) is 0 Å². The fourth-order valence-electron chi connectivity index (χ4n) is 2.64. The molecule has 6 nitrogen and oxygen atoms in total. The van der Waals surface area contributed by atoms with E-state index in [9.17, 15) is 0 Å². The van der Waals surface area contributed by atoms with E-state index in [1.54, 1.807) is 24.0 Å². The number of aryl methyl sites for hydroxylation is 1. The SMILES string of the molecule is CC(C)(C)c1csc(C2CN(CCCn3cncn3)CCO2)n1. The highest BCUT2D eigenvalue weighted by Crippen LogP contribution is 2.30. The molecule has 1 saturated heterocycles. The quantitative estimate of drug-likeness (QED) is 0.840. The summed E-state index contributed by atoms with van der Waals surface area (Å²) < 4.78 is 7.83. The van der Waals surface area contributed by atoms with Crippen molar-refractivity contribution < 1.29 is 4.74 Å². The van der Waals surface area contributed by atoms with Crippen LogP contribution < -0.4 is 0 Å². The van der Waals surface area contributed by atoms with Crippen LogP contribution >= 0.6 is 11.3 Å². The van der Waals surface area contributed by atoms with E-state index in [4.69, 9.17) is 9.72 Å². The monoisotopic (exact) mass is 335 g/mol. The summed E-state index contributed by atoms with van der Waals surface area (Å²) >= 11 is 1.72. The van der Waals surface area contributed by atoms with Gasteiger partial charge in [0.25, 0.3) is 0 Å². The fourth-order valence-corrected chi connectivity index (χ4v) is 3.72. The molecule has 7 heteroatoms. The summed E-state index contributed by atoms with van der Waals surface area (Å²) in [6, 6.07) is 0. The number of rotatable bonds is 5. The van der Waals surface area contributed by atoms with Crippen molar-refractivity contribution in [1.29, 1.82) is 0 Å². The van der Waals surface area contributed by atoms with Gasteiger partial charge in [-0.3, -0.25) is 9.58 Å². The summed E-state index contributed by atoms with van der Waals surface area (Å²) in [6.45, 7) is 11.3. The Morgan fingerprint density at radius 2 is 2.22 bits per heavy atom. The highest BCUT2D eigenvalue weighted by Gasteiger charge is 2.26. The molecule has 23 heavy (non-hydrogen) atoms. The van der Waals surface area contributed by atoms with Crippen molar-refractivity contribution >= 4 is 11.3 Å². The van der Waals surface area contributed by atoms with E-state index in [0.29, 0.717) is 0 Å². The smallest absolute Gasteiger partial charge is 0.137 e. The normalized spacial score (nSPS) is 20.0. The van der Waals surface area contributed by atoms with Crippen LogP contribution in [0.5, 0.6) is 0 Å². The number of aromatic nitrogens is 4. The second kappa shape index (κ2) is 7.07. The Bertz CT molecular complexity index is 604. The zero-order valence-electron chi connectivity index (χ0n) is 14.1. The van der Waals surface area contributed by atoms with E-state index >= 15 is 0 Å². The maximum absolute atomic E-state index is 5.95. The van der Waals surface area contributed by atoms with Crippen molar-refractivity contribution in [3.8, 4) is 0 Å². The molecule has 1 atom stereocenters. The van der Waals surface area contributed by atoms with Crippen molar-refractivity contribution in [3.05, 3.63) is 28.7 Å². The van der Waals surface area contributed by atoms with Gasteiger partial charge >= 0.3 is 0 Å². The minimum absolute atomic E-state index is 0.0981. The molecule has 1 fully saturated rings. The van der Waals surface area contributed by atoms with E-state index in [0.717, 1.165) is 49.9 Å². The van der Waals surface area contributed by atoms with Crippen LogP contribution in [0.1, 0.15) is 44.0 Å². The van der Waals surface area contributed by atoms with Gasteiger partial charge in [0.1, 0.15) is 23.8 Å². The van der Waals surface area contributed by atoms with Crippen LogP contribution in [-0.2, 0) is 16.7 Å². The Morgan fingerprint density at radius 1 is 1.35 bits per heavy atom. The third-order valence-electron chi connectivity index (χ3n) is 4.04. The van der Waals surface area contributed by atoms with Crippen LogP contribution in [0.3, 0.4) is 0 Å².